The van der Waals surface area contributed by atoms with Crippen molar-refractivity contribution in [1.29, 1.82) is 0 Å². The van der Waals surface area contributed by atoms with E-state index in [9.17, 15) is 0 Å². The summed E-state index contributed by atoms with van der Waals surface area (Å²) in [5.74, 6) is 2.00. The Morgan fingerprint density at radius 1 is 1.41 bits per heavy atom. The van der Waals surface area contributed by atoms with Gasteiger partial charge in [0.05, 0.1) is 6.61 Å². The van der Waals surface area contributed by atoms with Gasteiger partial charge in [-0.2, -0.15) is 0 Å². The van der Waals surface area contributed by atoms with Crippen LogP contribution in [-0.2, 0) is 6.42 Å². The largest absolute Gasteiger partial charge is 0.493 e. The van der Waals surface area contributed by atoms with Crippen LogP contribution in [0.3, 0.4) is 0 Å². The number of benzene rings is 1. The highest BCUT2D eigenvalue weighted by Gasteiger charge is 2.34. The quantitative estimate of drug-likeness (QED) is 0.841. The van der Waals surface area contributed by atoms with Crippen LogP contribution in [0.15, 0.2) is 18.2 Å². The fourth-order valence-corrected chi connectivity index (χ4v) is 2.75. The SMILES string of the molecule is CCCNC(c1cccc2c1OCC2)C1CC1. The smallest absolute Gasteiger partial charge is 0.127 e. The molecule has 2 heteroatoms. The van der Waals surface area contributed by atoms with Crippen LogP contribution in [0.4, 0.5) is 0 Å². The minimum atomic E-state index is 0.517. The van der Waals surface area contributed by atoms with Crippen molar-refractivity contribution in [3.8, 4) is 5.75 Å². The summed E-state index contributed by atoms with van der Waals surface area (Å²) in [5, 5.41) is 3.70. The van der Waals surface area contributed by atoms with Crippen molar-refractivity contribution >= 4 is 0 Å². The Morgan fingerprint density at radius 3 is 3.06 bits per heavy atom. The van der Waals surface area contributed by atoms with Gasteiger partial charge in [-0.1, -0.05) is 25.1 Å². The molecule has 0 bridgehead atoms. The van der Waals surface area contributed by atoms with Gasteiger partial charge in [-0.15, -0.1) is 0 Å². The highest BCUT2D eigenvalue weighted by atomic mass is 16.5. The van der Waals surface area contributed by atoms with Crippen molar-refractivity contribution in [1.82, 2.24) is 5.32 Å². The first-order chi connectivity index (χ1) is 8.40. The minimum Gasteiger partial charge on any atom is -0.493 e. The van der Waals surface area contributed by atoms with Gasteiger partial charge in [-0.3, -0.25) is 0 Å². The van der Waals surface area contributed by atoms with Crippen LogP contribution in [0.2, 0.25) is 0 Å². The number of hydrogen-bond acceptors (Lipinski definition) is 2. The zero-order valence-electron chi connectivity index (χ0n) is 10.5. The van der Waals surface area contributed by atoms with Gasteiger partial charge in [-0.25, -0.2) is 0 Å². The lowest BCUT2D eigenvalue weighted by Crippen LogP contribution is -2.24. The van der Waals surface area contributed by atoms with Crippen LogP contribution < -0.4 is 10.1 Å². The molecule has 2 aliphatic rings. The Hall–Kier alpha value is -1.02. The van der Waals surface area contributed by atoms with E-state index in [0.29, 0.717) is 6.04 Å². The molecule has 17 heavy (non-hydrogen) atoms. The monoisotopic (exact) mass is 231 g/mol. The van der Waals surface area contributed by atoms with E-state index in [1.54, 1.807) is 0 Å². The second kappa shape index (κ2) is 4.69. The number of hydrogen-bond donors (Lipinski definition) is 1. The molecule has 1 unspecified atom stereocenters. The second-order valence-electron chi connectivity index (χ2n) is 5.20. The molecule has 0 saturated heterocycles. The van der Waals surface area contributed by atoms with Crippen molar-refractivity contribution in [2.45, 2.75) is 38.6 Å². The standard InChI is InChI=1S/C15H21NO/c1-2-9-16-14(11-6-7-11)13-5-3-4-12-8-10-17-15(12)13/h3-5,11,14,16H,2,6-10H2,1H3. The van der Waals surface area contributed by atoms with E-state index in [1.807, 2.05) is 0 Å². The second-order valence-corrected chi connectivity index (χ2v) is 5.20. The lowest BCUT2D eigenvalue weighted by atomic mass is 9.98. The van der Waals surface area contributed by atoms with Crippen molar-refractivity contribution in [3.63, 3.8) is 0 Å². The summed E-state index contributed by atoms with van der Waals surface area (Å²) in [6.07, 6.45) is 5.00. The molecule has 1 N–H and O–H groups in total. The van der Waals surface area contributed by atoms with Gasteiger partial charge < -0.3 is 10.1 Å². The lowest BCUT2D eigenvalue weighted by molar-refractivity contribution is 0.345. The van der Waals surface area contributed by atoms with Gasteiger partial charge in [-0.05, 0) is 37.3 Å². The van der Waals surface area contributed by atoms with Gasteiger partial charge in [0.1, 0.15) is 5.75 Å². The van der Waals surface area contributed by atoms with E-state index < -0.39 is 0 Å². The van der Waals surface area contributed by atoms with Gasteiger partial charge in [0.15, 0.2) is 0 Å². The van der Waals surface area contributed by atoms with E-state index in [2.05, 4.69) is 30.4 Å². The number of nitrogens with one attached hydrogen (secondary N) is 1. The molecule has 3 rings (SSSR count). The fourth-order valence-electron chi connectivity index (χ4n) is 2.75. The molecule has 2 nitrogen and oxygen atoms in total. The maximum absolute atomic E-state index is 5.83. The lowest BCUT2D eigenvalue weighted by Gasteiger charge is -2.20. The summed E-state index contributed by atoms with van der Waals surface area (Å²) in [5.41, 5.74) is 2.79. The number of fused-ring (bicyclic) bond motifs is 1. The molecule has 0 spiro atoms. The molecule has 1 saturated carbocycles. The zero-order valence-corrected chi connectivity index (χ0v) is 10.5. The topological polar surface area (TPSA) is 21.3 Å². The fraction of sp³-hybridized carbons (Fsp3) is 0.600. The first-order valence-electron chi connectivity index (χ1n) is 6.88. The molecule has 1 fully saturated rings. The maximum Gasteiger partial charge on any atom is 0.127 e. The predicted octanol–water partition coefficient (Wildman–Crippen LogP) is 3.07. The van der Waals surface area contributed by atoms with Crippen molar-refractivity contribution < 1.29 is 4.74 Å². The van der Waals surface area contributed by atoms with Crippen LogP contribution >= 0.6 is 0 Å². The molecule has 1 aromatic rings. The summed E-state index contributed by atoms with van der Waals surface area (Å²) in [4.78, 5) is 0. The molecule has 92 valence electrons. The molecule has 1 atom stereocenters. The van der Waals surface area contributed by atoms with Gasteiger partial charge >= 0.3 is 0 Å². The number of para-hydroxylation sites is 1. The van der Waals surface area contributed by atoms with Gasteiger partial charge in [0.2, 0.25) is 0 Å². The van der Waals surface area contributed by atoms with Crippen molar-refractivity contribution in [3.05, 3.63) is 29.3 Å². The average molecular weight is 231 g/mol. The van der Waals surface area contributed by atoms with Crippen LogP contribution in [0, 0.1) is 5.92 Å². The van der Waals surface area contributed by atoms with Crippen molar-refractivity contribution in [2.24, 2.45) is 5.92 Å². The van der Waals surface area contributed by atoms with E-state index in [4.69, 9.17) is 4.74 Å². The van der Waals surface area contributed by atoms with Gasteiger partial charge in [0.25, 0.3) is 0 Å². The van der Waals surface area contributed by atoms with Crippen LogP contribution in [0.5, 0.6) is 5.75 Å². The Labute approximate surface area is 103 Å². The molecule has 1 aliphatic heterocycles. The summed E-state index contributed by atoms with van der Waals surface area (Å²) in [6.45, 7) is 4.19. The first-order valence-corrected chi connectivity index (χ1v) is 6.88. The molecular weight excluding hydrogens is 210 g/mol. The average Bonchev–Trinajstić information content (AvgIpc) is 3.07. The van der Waals surface area contributed by atoms with E-state index in [1.165, 1.54) is 36.1 Å². The predicted molar refractivity (Wildman–Crippen MR) is 69.4 cm³/mol. The number of rotatable bonds is 5. The van der Waals surface area contributed by atoms with Crippen LogP contribution in [0.1, 0.15) is 43.4 Å². The Kier molecular flexibility index (Phi) is 3.06. The zero-order chi connectivity index (χ0) is 11.7. The Balaban J connectivity index is 1.87. The minimum absolute atomic E-state index is 0.517. The van der Waals surface area contributed by atoms with Crippen molar-refractivity contribution in [2.75, 3.05) is 13.2 Å². The summed E-state index contributed by atoms with van der Waals surface area (Å²) < 4.78 is 5.83. The Morgan fingerprint density at radius 2 is 2.29 bits per heavy atom. The third-order valence-corrected chi connectivity index (χ3v) is 3.79. The molecule has 0 aromatic heterocycles. The highest BCUT2D eigenvalue weighted by molar-refractivity contribution is 5.46. The van der Waals surface area contributed by atoms with E-state index in [0.717, 1.165) is 25.5 Å². The summed E-state index contributed by atoms with van der Waals surface area (Å²) in [6, 6.07) is 7.15. The molecule has 0 amide bonds. The molecule has 0 radical (unpaired) electrons. The van der Waals surface area contributed by atoms with Crippen LogP contribution in [-0.4, -0.2) is 13.2 Å². The third kappa shape index (κ3) is 2.19. The maximum atomic E-state index is 5.83. The summed E-state index contributed by atoms with van der Waals surface area (Å²) >= 11 is 0. The normalized spacial score (nSPS) is 19.8. The highest BCUT2D eigenvalue weighted by Crippen LogP contribution is 2.45. The van der Waals surface area contributed by atoms with Crippen LogP contribution in [0.25, 0.3) is 0 Å². The van der Waals surface area contributed by atoms with E-state index >= 15 is 0 Å². The third-order valence-electron chi connectivity index (χ3n) is 3.79. The Bertz CT molecular complexity index is 398. The molecule has 1 heterocycles. The number of ether oxygens (including phenoxy) is 1. The molecule has 1 aliphatic carbocycles. The van der Waals surface area contributed by atoms with E-state index in [-0.39, 0.29) is 0 Å². The molecule has 1 aromatic carbocycles. The first kappa shape index (κ1) is 11.1. The summed E-state index contributed by atoms with van der Waals surface area (Å²) in [7, 11) is 0. The molecular formula is C15H21NO. The van der Waals surface area contributed by atoms with Gasteiger partial charge in [0, 0.05) is 18.0 Å².